The summed E-state index contributed by atoms with van der Waals surface area (Å²) in [5.74, 6) is -0.396. The van der Waals surface area contributed by atoms with Crippen LogP contribution in [0.1, 0.15) is 0 Å². The van der Waals surface area contributed by atoms with Gasteiger partial charge in [0.2, 0.25) is 0 Å². The van der Waals surface area contributed by atoms with Gasteiger partial charge in [-0.15, -0.1) is 12.6 Å². The average molecular weight is 262 g/mol. The van der Waals surface area contributed by atoms with Crippen molar-refractivity contribution in [2.75, 3.05) is 10.6 Å². The smallest absolute Gasteiger partial charge is 0.308 e. The SMILES string of the molecule is O=C(Nc1ccc(S)cc1)Nc1cccc(F)c1. The summed E-state index contributed by atoms with van der Waals surface area (Å²) in [4.78, 5) is 12.4. The van der Waals surface area contributed by atoms with Gasteiger partial charge in [0.1, 0.15) is 5.82 Å². The van der Waals surface area contributed by atoms with Gasteiger partial charge in [-0.1, -0.05) is 6.07 Å². The largest absolute Gasteiger partial charge is 0.323 e. The minimum absolute atomic E-state index is 0.396. The zero-order valence-electron chi connectivity index (χ0n) is 9.35. The minimum atomic E-state index is -0.424. The van der Waals surface area contributed by atoms with Gasteiger partial charge < -0.3 is 10.6 Å². The fraction of sp³-hybridized carbons (Fsp3) is 0. The quantitative estimate of drug-likeness (QED) is 0.709. The van der Waals surface area contributed by atoms with Crippen LogP contribution in [0.4, 0.5) is 20.6 Å². The first-order valence-corrected chi connectivity index (χ1v) is 5.71. The van der Waals surface area contributed by atoms with Crippen molar-refractivity contribution in [2.24, 2.45) is 0 Å². The van der Waals surface area contributed by atoms with Crippen LogP contribution in [0.2, 0.25) is 0 Å². The molecule has 5 heteroatoms. The first kappa shape index (κ1) is 12.4. The number of hydrogen-bond donors (Lipinski definition) is 3. The molecule has 2 aromatic rings. The molecule has 92 valence electrons. The van der Waals surface area contributed by atoms with Crippen molar-refractivity contribution in [1.29, 1.82) is 0 Å². The third-order valence-corrected chi connectivity index (χ3v) is 2.51. The van der Waals surface area contributed by atoms with E-state index in [1.165, 1.54) is 18.2 Å². The lowest BCUT2D eigenvalue weighted by atomic mass is 10.3. The molecule has 0 saturated carbocycles. The number of carbonyl (C=O) groups is 1. The summed E-state index contributed by atoms with van der Waals surface area (Å²) in [5, 5.41) is 5.17. The van der Waals surface area contributed by atoms with Crippen LogP contribution in [0.5, 0.6) is 0 Å². The molecule has 2 aromatic carbocycles. The highest BCUT2D eigenvalue weighted by Gasteiger charge is 2.02. The average Bonchev–Trinajstić information content (AvgIpc) is 2.32. The van der Waals surface area contributed by atoms with E-state index < -0.39 is 11.8 Å². The van der Waals surface area contributed by atoms with E-state index >= 15 is 0 Å². The van der Waals surface area contributed by atoms with E-state index in [1.54, 1.807) is 30.3 Å². The molecule has 0 aliphatic carbocycles. The Morgan fingerprint density at radius 1 is 1.00 bits per heavy atom. The number of halogens is 1. The van der Waals surface area contributed by atoms with E-state index in [4.69, 9.17) is 0 Å². The first-order chi connectivity index (χ1) is 8.63. The van der Waals surface area contributed by atoms with Gasteiger partial charge in [0.25, 0.3) is 0 Å². The molecule has 0 atom stereocenters. The van der Waals surface area contributed by atoms with E-state index in [2.05, 4.69) is 23.3 Å². The van der Waals surface area contributed by atoms with Crippen LogP contribution in [-0.4, -0.2) is 6.03 Å². The normalized spacial score (nSPS) is 9.89. The Morgan fingerprint density at radius 2 is 1.67 bits per heavy atom. The lowest BCUT2D eigenvalue weighted by Gasteiger charge is -2.07. The van der Waals surface area contributed by atoms with Gasteiger partial charge in [0, 0.05) is 16.3 Å². The van der Waals surface area contributed by atoms with E-state index in [0.717, 1.165) is 4.90 Å². The highest BCUT2D eigenvalue weighted by molar-refractivity contribution is 7.80. The Kier molecular flexibility index (Phi) is 3.84. The summed E-state index contributed by atoms with van der Waals surface area (Å²) in [6.07, 6.45) is 0. The number of carbonyl (C=O) groups excluding carboxylic acids is 1. The highest BCUT2D eigenvalue weighted by Crippen LogP contribution is 2.13. The van der Waals surface area contributed by atoms with Gasteiger partial charge in [-0.3, -0.25) is 0 Å². The topological polar surface area (TPSA) is 41.1 Å². The lowest BCUT2D eigenvalue weighted by molar-refractivity contribution is 0.262. The number of hydrogen-bond acceptors (Lipinski definition) is 2. The van der Waals surface area contributed by atoms with Crippen LogP contribution in [-0.2, 0) is 0 Å². The summed E-state index contributed by atoms with van der Waals surface area (Å²) in [6, 6.07) is 12.3. The van der Waals surface area contributed by atoms with Crippen molar-refractivity contribution in [3.05, 3.63) is 54.3 Å². The number of nitrogens with one attached hydrogen (secondary N) is 2. The number of urea groups is 1. The summed E-state index contributed by atoms with van der Waals surface area (Å²) in [7, 11) is 0. The zero-order chi connectivity index (χ0) is 13.0. The number of amides is 2. The fourth-order valence-corrected chi connectivity index (χ4v) is 1.55. The highest BCUT2D eigenvalue weighted by atomic mass is 32.1. The van der Waals surface area contributed by atoms with Crippen LogP contribution >= 0.6 is 12.6 Å². The third kappa shape index (κ3) is 3.49. The monoisotopic (exact) mass is 262 g/mol. The van der Waals surface area contributed by atoms with Crippen molar-refractivity contribution in [3.8, 4) is 0 Å². The molecule has 3 nitrogen and oxygen atoms in total. The zero-order valence-corrected chi connectivity index (χ0v) is 10.2. The van der Waals surface area contributed by atoms with E-state index in [9.17, 15) is 9.18 Å². The van der Waals surface area contributed by atoms with Crippen LogP contribution < -0.4 is 10.6 Å². The molecule has 0 saturated heterocycles. The second-order valence-electron chi connectivity index (χ2n) is 3.64. The van der Waals surface area contributed by atoms with E-state index in [0.29, 0.717) is 11.4 Å². The molecule has 0 bridgehead atoms. The van der Waals surface area contributed by atoms with E-state index in [-0.39, 0.29) is 0 Å². The number of benzene rings is 2. The first-order valence-electron chi connectivity index (χ1n) is 5.26. The molecule has 2 N–H and O–H groups in total. The Bertz CT molecular complexity index is 557. The molecular formula is C13H11FN2OS. The van der Waals surface area contributed by atoms with Gasteiger partial charge in [-0.2, -0.15) is 0 Å². The Morgan fingerprint density at radius 3 is 2.33 bits per heavy atom. The van der Waals surface area contributed by atoms with Crippen molar-refractivity contribution in [2.45, 2.75) is 4.90 Å². The molecule has 2 rings (SSSR count). The molecular weight excluding hydrogens is 251 g/mol. The maximum atomic E-state index is 12.9. The van der Waals surface area contributed by atoms with Crippen molar-refractivity contribution in [3.63, 3.8) is 0 Å². The fourth-order valence-electron chi connectivity index (χ4n) is 1.40. The standard InChI is InChI=1S/C13H11FN2OS/c14-9-2-1-3-11(8-9)16-13(17)15-10-4-6-12(18)7-5-10/h1-8,18H,(H2,15,16,17). The van der Waals surface area contributed by atoms with Gasteiger partial charge in [0.15, 0.2) is 0 Å². The Balaban J connectivity index is 1.98. The predicted octanol–water partition coefficient (Wildman–Crippen LogP) is 3.76. The maximum absolute atomic E-state index is 12.9. The molecule has 2 amide bonds. The van der Waals surface area contributed by atoms with Crippen LogP contribution in [0.3, 0.4) is 0 Å². The van der Waals surface area contributed by atoms with Gasteiger partial charge >= 0.3 is 6.03 Å². The summed E-state index contributed by atoms with van der Waals surface area (Å²) < 4.78 is 12.9. The Hall–Kier alpha value is -2.01. The molecule has 18 heavy (non-hydrogen) atoms. The van der Waals surface area contributed by atoms with Crippen LogP contribution in [0, 0.1) is 5.82 Å². The molecule has 0 aromatic heterocycles. The Labute approximate surface area is 109 Å². The minimum Gasteiger partial charge on any atom is -0.308 e. The summed E-state index contributed by atoms with van der Waals surface area (Å²) in [5.41, 5.74) is 1.04. The molecule has 0 heterocycles. The van der Waals surface area contributed by atoms with Gasteiger partial charge in [0.05, 0.1) is 0 Å². The van der Waals surface area contributed by atoms with Gasteiger partial charge in [-0.05, 0) is 42.5 Å². The van der Waals surface area contributed by atoms with Gasteiger partial charge in [-0.25, -0.2) is 9.18 Å². The number of thiol groups is 1. The molecule has 0 fully saturated rings. The van der Waals surface area contributed by atoms with Crippen molar-refractivity contribution >= 4 is 30.0 Å². The van der Waals surface area contributed by atoms with Crippen molar-refractivity contribution < 1.29 is 9.18 Å². The summed E-state index contributed by atoms with van der Waals surface area (Å²) >= 11 is 4.14. The molecule has 0 aliphatic heterocycles. The number of anilines is 2. The molecule has 0 unspecified atom stereocenters. The summed E-state index contributed by atoms with van der Waals surface area (Å²) in [6.45, 7) is 0. The number of rotatable bonds is 2. The van der Waals surface area contributed by atoms with E-state index in [1.807, 2.05) is 0 Å². The van der Waals surface area contributed by atoms with Crippen LogP contribution in [0.15, 0.2) is 53.4 Å². The second kappa shape index (κ2) is 5.55. The molecule has 0 aliphatic rings. The van der Waals surface area contributed by atoms with Crippen molar-refractivity contribution in [1.82, 2.24) is 0 Å². The third-order valence-electron chi connectivity index (χ3n) is 2.21. The second-order valence-corrected chi connectivity index (χ2v) is 4.15. The molecule has 0 radical (unpaired) electrons. The van der Waals surface area contributed by atoms with Crippen LogP contribution in [0.25, 0.3) is 0 Å². The lowest BCUT2D eigenvalue weighted by Crippen LogP contribution is -2.19. The maximum Gasteiger partial charge on any atom is 0.323 e. The predicted molar refractivity (Wildman–Crippen MR) is 72.7 cm³/mol. The molecule has 0 spiro atoms.